The molecule has 1 atom stereocenters. The summed E-state index contributed by atoms with van der Waals surface area (Å²) < 4.78 is 29.2. The third-order valence-corrected chi connectivity index (χ3v) is 9.81. The van der Waals surface area contributed by atoms with Crippen molar-refractivity contribution in [2.45, 2.75) is 83.3 Å². The van der Waals surface area contributed by atoms with E-state index in [1.165, 1.54) is 4.90 Å². The van der Waals surface area contributed by atoms with Crippen LogP contribution in [0.1, 0.15) is 61.3 Å². The lowest BCUT2D eigenvalue weighted by Gasteiger charge is -2.33. The largest absolute Gasteiger partial charge is 0.352 e. The van der Waals surface area contributed by atoms with Gasteiger partial charge in [-0.15, -0.1) is 0 Å². The number of carbonyl (C=O) groups is 2. The van der Waals surface area contributed by atoms with Crippen molar-refractivity contribution < 1.29 is 18.0 Å². The number of nitrogens with one attached hydrogen (secondary N) is 1. The molecule has 2 amide bonds. The number of hydrogen-bond acceptors (Lipinski definition) is 4. The van der Waals surface area contributed by atoms with Crippen molar-refractivity contribution in [3.8, 4) is 0 Å². The fraction of sp³-hybridized carbons (Fsp3) is 0.394. The summed E-state index contributed by atoms with van der Waals surface area (Å²) in [6.45, 7) is 7.02. The molecule has 0 bridgehead atoms. The predicted molar refractivity (Wildman–Crippen MR) is 168 cm³/mol. The molecule has 1 saturated carbocycles. The smallest absolute Gasteiger partial charge is 0.264 e. The number of carbonyl (C=O) groups excluding carboxylic acids is 2. The summed E-state index contributed by atoms with van der Waals surface area (Å²) in [6.07, 6.45) is 5.12. The van der Waals surface area contributed by atoms with Gasteiger partial charge in [-0.25, -0.2) is 8.42 Å². The van der Waals surface area contributed by atoms with Gasteiger partial charge in [0.2, 0.25) is 11.8 Å². The van der Waals surface area contributed by atoms with Crippen molar-refractivity contribution in [2.24, 2.45) is 0 Å². The second-order valence-electron chi connectivity index (χ2n) is 11.3. The summed E-state index contributed by atoms with van der Waals surface area (Å²) in [6, 6.07) is 18.4. The summed E-state index contributed by atoms with van der Waals surface area (Å²) in [5.41, 5.74) is 3.85. The Labute approximate surface area is 254 Å². The van der Waals surface area contributed by atoms with Gasteiger partial charge in [0, 0.05) is 17.6 Å². The second kappa shape index (κ2) is 13.7. The minimum atomic E-state index is -4.11. The highest BCUT2D eigenvalue weighted by Gasteiger charge is 2.33. The van der Waals surface area contributed by atoms with E-state index in [1.54, 1.807) is 67.6 Å². The Bertz CT molecular complexity index is 1480. The van der Waals surface area contributed by atoms with Crippen molar-refractivity contribution in [3.63, 3.8) is 0 Å². The molecule has 0 saturated heterocycles. The molecule has 9 heteroatoms. The van der Waals surface area contributed by atoms with Crippen LogP contribution in [0, 0.1) is 20.8 Å². The summed E-state index contributed by atoms with van der Waals surface area (Å²) in [5, 5.41) is 3.68. The van der Waals surface area contributed by atoms with Crippen LogP contribution in [-0.2, 0) is 26.2 Å². The van der Waals surface area contributed by atoms with Crippen LogP contribution in [0.25, 0.3) is 0 Å². The van der Waals surface area contributed by atoms with Gasteiger partial charge in [-0.3, -0.25) is 13.9 Å². The number of nitrogens with zero attached hydrogens (tertiary/aromatic N) is 2. The first kappa shape index (κ1) is 31.6. The van der Waals surface area contributed by atoms with Crippen LogP contribution >= 0.6 is 11.6 Å². The van der Waals surface area contributed by atoms with E-state index < -0.39 is 28.5 Å². The van der Waals surface area contributed by atoms with Gasteiger partial charge < -0.3 is 10.2 Å². The number of aryl methyl sites for hydroxylation is 3. The zero-order valence-corrected chi connectivity index (χ0v) is 26.3. The van der Waals surface area contributed by atoms with Crippen molar-refractivity contribution in [1.29, 1.82) is 0 Å². The minimum absolute atomic E-state index is 0.0786. The number of rotatable bonds is 10. The lowest BCUT2D eigenvalue weighted by Crippen LogP contribution is -2.53. The lowest BCUT2D eigenvalue weighted by molar-refractivity contribution is -0.139. The van der Waals surface area contributed by atoms with Gasteiger partial charge in [0.25, 0.3) is 10.0 Å². The Morgan fingerprint density at radius 3 is 2.07 bits per heavy atom. The van der Waals surface area contributed by atoms with Crippen molar-refractivity contribution in [3.05, 3.63) is 94.0 Å². The molecule has 3 aromatic carbocycles. The summed E-state index contributed by atoms with van der Waals surface area (Å²) >= 11 is 6.09. The maximum Gasteiger partial charge on any atom is 0.264 e. The summed E-state index contributed by atoms with van der Waals surface area (Å²) in [5.74, 6) is -0.727. The van der Waals surface area contributed by atoms with Gasteiger partial charge in [0.05, 0.1) is 10.6 Å². The first-order chi connectivity index (χ1) is 19.9. The van der Waals surface area contributed by atoms with Gasteiger partial charge in [-0.05, 0) is 93.6 Å². The maximum atomic E-state index is 14.2. The van der Waals surface area contributed by atoms with E-state index in [2.05, 4.69) is 5.32 Å². The SMILES string of the molecule is Cc1ccc(S(=O)(=O)N(CC(=O)N(Cc2ccc(Cl)cc2)[C@@H](C)C(=O)NC2CCCCC2)c2cc(C)cc(C)c2)cc1. The fourth-order valence-electron chi connectivity index (χ4n) is 5.40. The van der Waals surface area contributed by atoms with Crippen LogP contribution in [-0.4, -0.2) is 43.8 Å². The van der Waals surface area contributed by atoms with Crippen molar-refractivity contribution >= 4 is 39.1 Å². The third kappa shape index (κ3) is 7.92. The van der Waals surface area contributed by atoms with Crippen LogP contribution < -0.4 is 9.62 Å². The molecule has 1 N–H and O–H groups in total. The van der Waals surface area contributed by atoms with Crippen LogP contribution in [0.15, 0.2) is 71.6 Å². The number of hydrogen-bond donors (Lipinski definition) is 1. The summed E-state index contributed by atoms with van der Waals surface area (Å²) in [7, 11) is -4.11. The van der Waals surface area contributed by atoms with Crippen LogP contribution in [0.5, 0.6) is 0 Å². The minimum Gasteiger partial charge on any atom is -0.352 e. The van der Waals surface area contributed by atoms with Gasteiger partial charge in [-0.1, -0.05) is 66.8 Å². The molecule has 1 aliphatic carbocycles. The zero-order chi connectivity index (χ0) is 30.4. The molecule has 7 nitrogen and oxygen atoms in total. The average Bonchev–Trinajstić information content (AvgIpc) is 2.95. The normalized spacial score (nSPS) is 14.7. The number of amides is 2. The highest BCUT2D eigenvalue weighted by atomic mass is 35.5. The molecule has 0 unspecified atom stereocenters. The molecule has 0 spiro atoms. The van der Waals surface area contributed by atoms with E-state index in [9.17, 15) is 18.0 Å². The lowest BCUT2D eigenvalue weighted by atomic mass is 9.95. The van der Waals surface area contributed by atoms with Gasteiger partial charge in [0.1, 0.15) is 12.6 Å². The Hall–Kier alpha value is -3.36. The number of anilines is 1. The average molecular weight is 610 g/mol. The molecule has 1 aliphatic rings. The molecule has 0 aliphatic heterocycles. The van der Waals surface area contributed by atoms with E-state index in [0.717, 1.165) is 58.7 Å². The fourth-order valence-corrected chi connectivity index (χ4v) is 6.92. The van der Waals surface area contributed by atoms with E-state index >= 15 is 0 Å². The summed E-state index contributed by atoms with van der Waals surface area (Å²) in [4.78, 5) is 29.1. The highest BCUT2D eigenvalue weighted by Crippen LogP contribution is 2.27. The molecule has 4 rings (SSSR count). The molecule has 3 aromatic rings. The number of benzene rings is 3. The van der Waals surface area contributed by atoms with Crippen LogP contribution in [0.4, 0.5) is 5.69 Å². The van der Waals surface area contributed by atoms with E-state index in [1.807, 2.05) is 26.8 Å². The van der Waals surface area contributed by atoms with Gasteiger partial charge in [0.15, 0.2) is 0 Å². The monoisotopic (exact) mass is 609 g/mol. The quantitative estimate of drug-likeness (QED) is 0.291. The number of sulfonamides is 1. The second-order valence-corrected chi connectivity index (χ2v) is 13.6. The first-order valence-electron chi connectivity index (χ1n) is 14.5. The van der Waals surface area contributed by atoms with Crippen LogP contribution in [0.2, 0.25) is 5.02 Å². The van der Waals surface area contributed by atoms with E-state index in [4.69, 9.17) is 11.6 Å². The molecule has 0 radical (unpaired) electrons. The molecule has 0 aromatic heterocycles. The Morgan fingerprint density at radius 1 is 0.881 bits per heavy atom. The Kier molecular flexibility index (Phi) is 10.3. The van der Waals surface area contributed by atoms with Crippen molar-refractivity contribution in [1.82, 2.24) is 10.2 Å². The maximum absolute atomic E-state index is 14.2. The molecule has 224 valence electrons. The number of halogens is 1. The van der Waals surface area contributed by atoms with Gasteiger partial charge in [-0.2, -0.15) is 0 Å². The highest BCUT2D eigenvalue weighted by molar-refractivity contribution is 7.92. The van der Waals surface area contributed by atoms with E-state index in [-0.39, 0.29) is 23.4 Å². The predicted octanol–water partition coefficient (Wildman–Crippen LogP) is 6.33. The van der Waals surface area contributed by atoms with Gasteiger partial charge >= 0.3 is 0 Å². The molecular formula is C33H40ClN3O4S. The molecular weight excluding hydrogens is 570 g/mol. The topological polar surface area (TPSA) is 86.8 Å². The van der Waals surface area contributed by atoms with E-state index in [0.29, 0.717) is 10.7 Å². The van der Waals surface area contributed by atoms with Crippen molar-refractivity contribution in [2.75, 3.05) is 10.8 Å². The molecule has 0 heterocycles. The van der Waals surface area contributed by atoms with Crippen LogP contribution in [0.3, 0.4) is 0 Å². The first-order valence-corrected chi connectivity index (χ1v) is 16.3. The Balaban J connectivity index is 1.69. The Morgan fingerprint density at radius 2 is 1.48 bits per heavy atom. The molecule has 42 heavy (non-hydrogen) atoms. The standard InChI is InChI=1S/C33H40ClN3O4S/c1-23-10-16-31(17-11-23)42(40,41)37(30-19-24(2)18-25(3)20-30)22-32(38)36(21-27-12-14-28(34)15-13-27)26(4)33(39)35-29-8-6-5-7-9-29/h10-20,26,29H,5-9,21-22H2,1-4H3,(H,35,39)/t26-/m0/s1. The zero-order valence-electron chi connectivity index (χ0n) is 24.8. The molecule has 1 fully saturated rings. The third-order valence-electron chi connectivity index (χ3n) is 7.77.